The molecule has 2 aromatic heterocycles. The lowest BCUT2D eigenvalue weighted by Crippen LogP contribution is -2.16. The molecule has 0 atom stereocenters. The number of nitrogens with one attached hydrogen (secondary N) is 3. The second-order valence-corrected chi connectivity index (χ2v) is 5.32. The molecule has 27 heavy (non-hydrogen) atoms. The lowest BCUT2D eigenvalue weighted by molar-refractivity contribution is 0.459. The Labute approximate surface area is 151 Å². The molecule has 0 saturated heterocycles. The van der Waals surface area contributed by atoms with Gasteiger partial charge in [0.1, 0.15) is 5.69 Å². The number of aromatic nitrogens is 3. The van der Waals surface area contributed by atoms with Crippen molar-refractivity contribution in [1.29, 1.82) is 0 Å². The van der Waals surface area contributed by atoms with Gasteiger partial charge in [-0.1, -0.05) is 0 Å². The van der Waals surface area contributed by atoms with Crippen LogP contribution in [0, 0.1) is 23.3 Å². The van der Waals surface area contributed by atoms with Crippen LogP contribution in [0.4, 0.5) is 35.0 Å². The molecule has 0 saturated carbocycles. The molecule has 0 bridgehead atoms. The quantitative estimate of drug-likeness (QED) is 0.342. The van der Waals surface area contributed by atoms with Crippen molar-refractivity contribution in [3.8, 4) is 11.3 Å². The molecule has 0 radical (unpaired) electrons. The first-order valence-electron chi connectivity index (χ1n) is 7.88. The van der Waals surface area contributed by atoms with Crippen LogP contribution in [0.2, 0.25) is 0 Å². The van der Waals surface area contributed by atoms with E-state index in [4.69, 9.17) is 0 Å². The number of hydrogen-bond acceptors (Lipinski definition) is 6. The summed E-state index contributed by atoms with van der Waals surface area (Å²) in [6.07, 6.45) is 3.16. The number of anilines is 3. The third-order valence-electron chi connectivity index (χ3n) is 3.46. The maximum absolute atomic E-state index is 13.8. The highest BCUT2D eigenvalue weighted by Crippen LogP contribution is 2.25. The number of halogens is 4. The van der Waals surface area contributed by atoms with Crippen molar-refractivity contribution in [2.45, 2.75) is 6.92 Å². The minimum Gasteiger partial charge on any atom is -0.354 e. The van der Waals surface area contributed by atoms with Gasteiger partial charge >= 0.3 is 0 Å². The fourth-order valence-electron chi connectivity index (χ4n) is 2.23. The molecule has 2 heterocycles. The highest BCUT2D eigenvalue weighted by molar-refractivity contribution is 5.65. The Hall–Kier alpha value is -3.43. The van der Waals surface area contributed by atoms with Gasteiger partial charge in [0.2, 0.25) is 5.95 Å². The highest BCUT2D eigenvalue weighted by atomic mass is 19.2. The van der Waals surface area contributed by atoms with Crippen molar-refractivity contribution in [3.63, 3.8) is 0 Å². The summed E-state index contributed by atoms with van der Waals surface area (Å²) < 4.78 is 54.1. The zero-order chi connectivity index (χ0) is 19.4. The first kappa shape index (κ1) is 18.4. The smallest absolute Gasteiger partial charge is 0.225 e. The second-order valence-electron chi connectivity index (χ2n) is 5.32. The van der Waals surface area contributed by atoms with E-state index in [1.165, 1.54) is 6.07 Å². The van der Waals surface area contributed by atoms with Crippen LogP contribution in [0.1, 0.15) is 6.92 Å². The molecule has 0 aliphatic rings. The average molecular weight is 378 g/mol. The molecule has 0 unspecified atom stereocenters. The topological polar surface area (TPSA) is 74.8 Å². The van der Waals surface area contributed by atoms with Gasteiger partial charge in [0.15, 0.2) is 29.1 Å². The fraction of sp³-hybridized carbons (Fsp3) is 0.118. The van der Waals surface area contributed by atoms with Crippen LogP contribution >= 0.6 is 0 Å². The molecule has 0 fully saturated rings. The summed E-state index contributed by atoms with van der Waals surface area (Å²) in [5.41, 5.74) is 4.78. The highest BCUT2D eigenvalue weighted by Gasteiger charge is 2.19. The molecule has 140 valence electrons. The van der Waals surface area contributed by atoms with Crippen molar-refractivity contribution in [3.05, 3.63) is 59.9 Å². The van der Waals surface area contributed by atoms with E-state index in [-0.39, 0.29) is 17.8 Å². The van der Waals surface area contributed by atoms with Gasteiger partial charge in [-0.3, -0.25) is 15.8 Å². The molecule has 10 heteroatoms. The summed E-state index contributed by atoms with van der Waals surface area (Å²) >= 11 is 0. The van der Waals surface area contributed by atoms with Crippen LogP contribution in [0.3, 0.4) is 0 Å². The number of rotatable bonds is 6. The molecule has 3 rings (SSSR count). The predicted octanol–water partition coefficient (Wildman–Crippen LogP) is 3.97. The minimum atomic E-state index is -1.56. The lowest BCUT2D eigenvalue weighted by Gasteiger charge is -2.13. The molecular formula is C17H14F4N6. The summed E-state index contributed by atoms with van der Waals surface area (Å²) in [5.74, 6) is -5.79. The van der Waals surface area contributed by atoms with Crippen LogP contribution in [-0.4, -0.2) is 21.5 Å². The van der Waals surface area contributed by atoms with E-state index in [0.717, 1.165) is 5.56 Å². The molecule has 0 spiro atoms. The summed E-state index contributed by atoms with van der Waals surface area (Å²) in [6.45, 7) is 2.37. The number of benzene rings is 1. The number of nitrogens with zero attached hydrogens (tertiary/aromatic N) is 3. The normalized spacial score (nSPS) is 10.6. The maximum atomic E-state index is 13.8. The van der Waals surface area contributed by atoms with Gasteiger partial charge in [0.05, 0.1) is 5.69 Å². The largest absolute Gasteiger partial charge is 0.354 e. The molecule has 0 amide bonds. The van der Waals surface area contributed by atoms with Crippen molar-refractivity contribution in [2.75, 3.05) is 22.7 Å². The first-order valence-corrected chi connectivity index (χ1v) is 7.88. The summed E-state index contributed by atoms with van der Waals surface area (Å²) in [7, 11) is 0. The first-order chi connectivity index (χ1) is 13.0. The van der Waals surface area contributed by atoms with Gasteiger partial charge in [-0.2, -0.15) is 4.98 Å². The van der Waals surface area contributed by atoms with E-state index in [1.807, 2.05) is 6.92 Å². The summed E-state index contributed by atoms with van der Waals surface area (Å²) in [4.78, 5) is 12.4. The van der Waals surface area contributed by atoms with E-state index < -0.39 is 29.0 Å². The maximum Gasteiger partial charge on any atom is 0.225 e. The Morgan fingerprint density at radius 2 is 1.56 bits per heavy atom. The van der Waals surface area contributed by atoms with Crippen LogP contribution < -0.4 is 16.2 Å². The van der Waals surface area contributed by atoms with Gasteiger partial charge in [0, 0.05) is 36.6 Å². The lowest BCUT2D eigenvalue weighted by atomic mass is 10.2. The monoisotopic (exact) mass is 378 g/mol. The Bertz CT molecular complexity index is 926. The Morgan fingerprint density at radius 1 is 0.889 bits per heavy atom. The second kappa shape index (κ2) is 7.85. The molecule has 3 N–H and O–H groups in total. The Kier molecular flexibility index (Phi) is 5.34. The molecule has 1 aromatic carbocycles. The SMILES string of the molecule is CCNc1nc(NNc2c(F)c(F)cc(F)c2F)cc(-c2ccncc2)n1. The molecule has 0 aliphatic carbocycles. The standard InChI is InChI=1S/C17H14F4N6/c1-2-23-17-24-12(9-3-5-22-6-4-9)8-13(25-17)26-27-16-14(20)10(18)7-11(19)15(16)21/h3-8,27H,2H2,1H3,(H2,23,24,25,26). The molecule has 0 aliphatic heterocycles. The minimum absolute atomic E-state index is 0.122. The zero-order valence-corrected chi connectivity index (χ0v) is 14.0. The van der Waals surface area contributed by atoms with Crippen molar-refractivity contribution < 1.29 is 17.6 Å². The van der Waals surface area contributed by atoms with Crippen molar-refractivity contribution in [1.82, 2.24) is 15.0 Å². The van der Waals surface area contributed by atoms with Crippen LogP contribution in [-0.2, 0) is 0 Å². The summed E-state index contributed by atoms with van der Waals surface area (Å²) in [6, 6.07) is 5.06. The third-order valence-corrected chi connectivity index (χ3v) is 3.46. The average Bonchev–Trinajstić information content (AvgIpc) is 2.67. The van der Waals surface area contributed by atoms with Gasteiger partial charge in [-0.15, -0.1) is 0 Å². The van der Waals surface area contributed by atoms with E-state index in [1.54, 1.807) is 24.5 Å². The Balaban J connectivity index is 1.92. The predicted molar refractivity (Wildman–Crippen MR) is 92.9 cm³/mol. The van der Waals surface area contributed by atoms with Crippen molar-refractivity contribution >= 4 is 17.5 Å². The van der Waals surface area contributed by atoms with Crippen LogP contribution in [0.15, 0.2) is 36.7 Å². The van der Waals surface area contributed by atoms with Crippen LogP contribution in [0.25, 0.3) is 11.3 Å². The van der Waals surface area contributed by atoms with Gasteiger partial charge in [-0.05, 0) is 19.1 Å². The van der Waals surface area contributed by atoms with E-state index in [9.17, 15) is 17.6 Å². The van der Waals surface area contributed by atoms with Crippen molar-refractivity contribution in [2.24, 2.45) is 0 Å². The van der Waals surface area contributed by atoms with Gasteiger partial charge < -0.3 is 5.32 Å². The van der Waals surface area contributed by atoms with Gasteiger partial charge in [-0.25, -0.2) is 22.5 Å². The molecule has 3 aromatic rings. The van der Waals surface area contributed by atoms with Gasteiger partial charge in [0.25, 0.3) is 0 Å². The molecular weight excluding hydrogens is 364 g/mol. The van der Waals surface area contributed by atoms with E-state index >= 15 is 0 Å². The van der Waals surface area contributed by atoms with Crippen LogP contribution in [0.5, 0.6) is 0 Å². The number of pyridine rings is 1. The fourth-order valence-corrected chi connectivity index (χ4v) is 2.23. The number of hydrazine groups is 1. The van der Waals surface area contributed by atoms with E-state index in [2.05, 4.69) is 31.1 Å². The third kappa shape index (κ3) is 4.05. The van der Waals surface area contributed by atoms with E-state index in [0.29, 0.717) is 12.2 Å². The summed E-state index contributed by atoms with van der Waals surface area (Å²) in [5, 5.41) is 2.92. The zero-order valence-electron chi connectivity index (χ0n) is 14.0. The Morgan fingerprint density at radius 3 is 2.19 bits per heavy atom. The molecule has 6 nitrogen and oxygen atoms in total. The number of hydrogen-bond donors (Lipinski definition) is 3.